The van der Waals surface area contributed by atoms with Gasteiger partial charge in [0.25, 0.3) is 0 Å². The predicted molar refractivity (Wildman–Crippen MR) is 126 cm³/mol. The number of aliphatic hydroxyl groups is 1. The molecule has 7 nitrogen and oxygen atoms in total. The summed E-state index contributed by atoms with van der Waals surface area (Å²) in [6.45, 7) is 6.12. The monoisotopic (exact) mass is 462 g/mol. The zero-order chi connectivity index (χ0) is 24.4. The van der Waals surface area contributed by atoms with Gasteiger partial charge in [-0.25, -0.2) is 9.07 Å². The number of aryl methyl sites for hydroxylation is 4. The van der Waals surface area contributed by atoms with Gasteiger partial charge in [0.1, 0.15) is 11.9 Å². The van der Waals surface area contributed by atoms with Crippen molar-refractivity contribution in [2.24, 2.45) is 7.05 Å². The number of benzene rings is 2. The summed E-state index contributed by atoms with van der Waals surface area (Å²) in [6, 6.07) is 10.5. The van der Waals surface area contributed by atoms with Gasteiger partial charge in [-0.05, 0) is 71.7 Å². The second-order valence-corrected chi connectivity index (χ2v) is 8.68. The lowest BCUT2D eigenvalue weighted by atomic mass is 9.86. The Labute approximate surface area is 197 Å². The summed E-state index contributed by atoms with van der Waals surface area (Å²) < 4.78 is 20.8. The molecule has 1 aromatic heterocycles. The number of rotatable bonds is 5. The first-order chi connectivity index (χ1) is 16.2. The zero-order valence-electron chi connectivity index (χ0n) is 19.6. The molecule has 1 aliphatic heterocycles. The van der Waals surface area contributed by atoms with Crippen LogP contribution in [-0.4, -0.2) is 43.5 Å². The van der Waals surface area contributed by atoms with E-state index in [0.29, 0.717) is 17.8 Å². The number of carbonyl (C=O) groups excluding carboxylic acids is 1. The lowest BCUT2D eigenvalue weighted by Gasteiger charge is -2.24. The fourth-order valence-electron chi connectivity index (χ4n) is 4.48. The Morgan fingerprint density at radius 2 is 1.85 bits per heavy atom. The Morgan fingerprint density at radius 1 is 1.18 bits per heavy atom. The molecule has 1 aliphatic rings. The van der Waals surface area contributed by atoms with E-state index in [0.717, 1.165) is 33.4 Å². The lowest BCUT2D eigenvalue weighted by Crippen LogP contribution is -2.31. The summed E-state index contributed by atoms with van der Waals surface area (Å²) in [5.41, 5.74) is 6.53. The molecule has 4 rings (SSSR count). The van der Waals surface area contributed by atoms with Crippen LogP contribution in [0.2, 0.25) is 0 Å². The third-order valence-electron chi connectivity index (χ3n) is 5.86. The summed E-state index contributed by atoms with van der Waals surface area (Å²) in [6.07, 6.45) is 2.52. The molecule has 0 unspecified atom stereocenters. The van der Waals surface area contributed by atoms with E-state index in [9.17, 15) is 14.3 Å². The molecule has 1 N–H and O–H groups in total. The number of hydrogen-bond donors (Lipinski definition) is 1. The quantitative estimate of drug-likeness (QED) is 0.458. The smallest absolute Gasteiger partial charge is 0.309 e. The summed E-state index contributed by atoms with van der Waals surface area (Å²) in [7, 11) is 1.74. The molecule has 0 spiro atoms. The topological polar surface area (TPSA) is 90.1 Å². The van der Waals surface area contributed by atoms with Crippen molar-refractivity contribution in [2.75, 3.05) is 0 Å². The molecule has 34 heavy (non-hydrogen) atoms. The number of cyclic esters (lactones) is 1. The number of ether oxygens (including phenoxy) is 1. The minimum Gasteiger partial charge on any atom is -0.458 e. The molecule has 0 amide bonds. The van der Waals surface area contributed by atoms with Crippen molar-refractivity contribution < 1.29 is 19.0 Å². The zero-order valence-corrected chi connectivity index (χ0v) is 19.6. The molecular weight excluding hydrogens is 435 g/mol. The van der Waals surface area contributed by atoms with Crippen LogP contribution in [0.1, 0.15) is 46.5 Å². The van der Waals surface area contributed by atoms with Crippen molar-refractivity contribution in [3.05, 3.63) is 88.0 Å². The van der Waals surface area contributed by atoms with Crippen molar-refractivity contribution in [1.82, 2.24) is 20.2 Å². The maximum absolute atomic E-state index is 13.8. The Hall–Kier alpha value is -3.65. The highest BCUT2D eigenvalue weighted by atomic mass is 19.1. The molecule has 0 aliphatic carbocycles. The van der Waals surface area contributed by atoms with Gasteiger partial charge in [-0.3, -0.25) is 4.79 Å². The Morgan fingerprint density at radius 3 is 2.44 bits per heavy atom. The van der Waals surface area contributed by atoms with E-state index in [-0.39, 0.29) is 12.2 Å². The standard InChI is InChI=1S/C26H27FN4O3/c1-15-11-16(2)24(17(3)12-15)25(18-5-7-19(27)8-6-18)22(26-28-29-30-31(26)4)10-9-21-13-20(32)14-23(33)34-21/h5-12,20-21,32H,13-14H2,1-4H3/b10-9+,25-22?/t20-,21-/m1/s1. The molecule has 2 heterocycles. The molecule has 176 valence electrons. The van der Waals surface area contributed by atoms with E-state index in [1.165, 1.54) is 12.1 Å². The van der Waals surface area contributed by atoms with E-state index in [2.05, 4.69) is 27.7 Å². The number of aliphatic hydroxyl groups excluding tert-OH is 1. The van der Waals surface area contributed by atoms with Crippen LogP contribution in [0.3, 0.4) is 0 Å². The van der Waals surface area contributed by atoms with Crippen LogP contribution in [0.25, 0.3) is 11.1 Å². The van der Waals surface area contributed by atoms with Gasteiger partial charge >= 0.3 is 5.97 Å². The normalized spacial score (nSPS) is 19.3. The van der Waals surface area contributed by atoms with Crippen LogP contribution < -0.4 is 0 Å². The molecule has 0 bridgehead atoms. The van der Waals surface area contributed by atoms with Gasteiger partial charge in [0.05, 0.1) is 12.5 Å². The second kappa shape index (κ2) is 9.69. The van der Waals surface area contributed by atoms with E-state index in [1.54, 1.807) is 29.9 Å². The largest absolute Gasteiger partial charge is 0.458 e. The van der Waals surface area contributed by atoms with Gasteiger partial charge in [0.15, 0.2) is 5.82 Å². The first kappa shape index (κ1) is 23.5. The Kier molecular flexibility index (Phi) is 6.70. The molecule has 0 radical (unpaired) electrons. The third kappa shape index (κ3) is 4.97. The lowest BCUT2D eigenvalue weighted by molar-refractivity contribution is -0.156. The Bertz CT molecular complexity index is 1250. The van der Waals surface area contributed by atoms with Crippen molar-refractivity contribution in [3.63, 3.8) is 0 Å². The van der Waals surface area contributed by atoms with E-state index < -0.39 is 18.2 Å². The number of tetrazole rings is 1. The highest BCUT2D eigenvalue weighted by molar-refractivity contribution is 6.02. The molecule has 1 saturated heterocycles. The summed E-state index contributed by atoms with van der Waals surface area (Å²) in [4.78, 5) is 11.8. The molecule has 8 heteroatoms. The van der Waals surface area contributed by atoms with Gasteiger partial charge in [-0.15, -0.1) is 5.10 Å². The van der Waals surface area contributed by atoms with Crippen molar-refractivity contribution in [3.8, 4) is 0 Å². The Balaban J connectivity index is 1.99. The predicted octanol–water partition coefficient (Wildman–Crippen LogP) is 3.86. The van der Waals surface area contributed by atoms with E-state index in [4.69, 9.17) is 4.74 Å². The number of esters is 1. The van der Waals surface area contributed by atoms with Crippen molar-refractivity contribution >= 4 is 17.1 Å². The van der Waals surface area contributed by atoms with Gasteiger partial charge in [0.2, 0.25) is 0 Å². The van der Waals surface area contributed by atoms with Gasteiger partial charge in [-0.1, -0.05) is 35.9 Å². The van der Waals surface area contributed by atoms with Gasteiger partial charge < -0.3 is 9.84 Å². The van der Waals surface area contributed by atoms with E-state index in [1.807, 2.05) is 26.8 Å². The first-order valence-corrected chi connectivity index (χ1v) is 11.1. The number of carbonyl (C=O) groups is 1. The van der Waals surface area contributed by atoms with Crippen molar-refractivity contribution in [1.29, 1.82) is 0 Å². The number of hydrogen-bond acceptors (Lipinski definition) is 6. The minimum absolute atomic E-state index is 0.0111. The molecule has 1 fully saturated rings. The van der Waals surface area contributed by atoms with Crippen LogP contribution >= 0.6 is 0 Å². The summed E-state index contributed by atoms with van der Waals surface area (Å²) >= 11 is 0. The third-order valence-corrected chi connectivity index (χ3v) is 5.86. The molecule has 2 aromatic carbocycles. The number of halogens is 1. The van der Waals surface area contributed by atoms with Crippen LogP contribution in [0.15, 0.2) is 48.6 Å². The van der Waals surface area contributed by atoms with Crippen LogP contribution in [0.5, 0.6) is 0 Å². The minimum atomic E-state index is -0.752. The first-order valence-electron chi connectivity index (χ1n) is 11.1. The fraction of sp³-hybridized carbons (Fsp3) is 0.308. The molecule has 2 atom stereocenters. The maximum Gasteiger partial charge on any atom is 0.309 e. The van der Waals surface area contributed by atoms with Gasteiger partial charge in [-0.2, -0.15) is 0 Å². The highest BCUT2D eigenvalue weighted by Gasteiger charge is 2.26. The molecular formula is C26H27FN4O3. The molecule has 3 aromatic rings. The van der Waals surface area contributed by atoms with Crippen molar-refractivity contribution in [2.45, 2.75) is 45.8 Å². The van der Waals surface area contributed by atoms with Crippen LogP contribution in [0, 0.1) is 26.6 Å². The average Bonchev–Trinajstić information content (AvgIpc) is 3.18. The SMILES string of the molecule is Cc1cc(C)c(C(=C(/C=C/[C@@H]2C[C@@H](O)CC(=O)O2)c2nnnn2C)c2ccc(F)cc2)c(C)c1. The molecule has 0 saturated carbocycles. The second-order valence-electron chi connectivity index (χ2n) is 8.68. The summed E-state index contributed by atoms with van der Waals surface area (Å²) in [5.74, 6) is -0.276. The van der Waals surface area contributed by atoms with E-state index >= 15 is 0 Å². The average molecular weight is 463 g/mol. The number of aromatic nitrogens is 4. The number of nitrogens with zero attached hydrogens (tertiary/aromatic N) is 4. The highest BCUT2D eigenvalue weighted by Crippen LogP contribution is 2.36. The fourth-order valence-corrected chi connectivity index (χ4v) is 4.48. The maximum atomic E-state index is 13.8. The van der Waals surface area contributed by atoms with Crippen LogP contribution in [0.4, 0.5) is 4.39 Å². The summed E-state index contributed by atoms with van der Waals surface area (Å²) in [5, 5.41) is 22.1. The number of allylic oxidation sites excluding steroid dienone is 2. The van der Waals surface area contributed by atoms with Gasteiger partial charge in [0, 0.05) is 24.6 Å². The van der Waals surface area contributed by atoms with Crippen LogP contribution in [-0.2, 0) is 16.6 Å².